The molecule has 54 valence electrons. The van der Waals surface area contributed by atoms with E-state index in [1.165, 1.54) is 6.92 Å². The van der Waals surface area contributed by atoms with Gasteiger partial charge in [0.2, 0.25) is 11.7 Å². The summed E-state index contributed by atoms with van der Waals surface area (Å²) in [6.07, 6.45) is -2.70. The molecular weight excluding hydrogens is 150 g/mol. The van der Waals surface area contributed by atoms with Crippen LogP contribution in [0.5, 0.6) is 0 Å². The van der Waals surface area contributed by atoms with E-state index in [1.54, 1.807) is 0 Å². The number of rotatable bonds is 3. The van der Waals surface area contributed by atoms with Crippen molar-refractivity contribution in [2.24, 2.45) is 5.92 Å². The molecule has 4 heteroatoms. The molecule has 0 N–H and O–H groups in total. The second-order valence-electron chi connectivity index (χ2n) is 1.87. The minimum atomic E-state index is -2.45. The molecule has 0 aromatic heterocycles. The maximum Gasteiger partial charge on any atom is 0.241 e. The molecule has 0 spiro atoms. The first-order valence-corrected chi connectivity index (χ1v) is 2.88. The summed E-state index contributed by atoms with van der Waals surface area (Å²) in [4.78, 5) is 9.99. The van der Waals surface area contributed by atoms with Crippen LogP contribution in [0.4, 0.5) is 8.78 Å². The minimum Gasteiger partial charge on any atom is -0.281 e. The van der Waals surface area contributed by atoms with E-state index in [-0.39, 0.29) is 6.42 Å². The molecule has 0 aromatic rings. The van der Waals surface area contributed by atoms with Gasteiger partial charge in [0.15, 0.2) is 0 Å². The Morgan fingerprint density at radius 1 is 1.67 bits per heavy atom. The van der Waals surface area contributed by atoms with Crippen molar-refractivity contribution in [3.8, 4) is 0 Å². The van der Waals surface area contributed by atoms with Crippen molar-refractivity contribution in [2.75, 3.05) is 0 Å². The zero-order chi connectivity index (χ0) is 7.44. The van der Waals surface area contributed by atoms with Crippen LogP contribution in [0.15, 0.2) is 0 Å². The van der Waals surface area contributed by atoms with E-state index in [4.69, 9.17) is 11.6 Å². The highest BCUT2D eigenvalue weighted by Crippen LogP contribution is 2.13. The van der Waals surface area contributed by atoms with E-state index in [0.29, 0.717) is 0 Å². The van der Waals surface area contributed by atoms with Crippen LogP contribution in [0.1, 0.15) is 13.3 Å². The highest BCUT2D eigenvalue weighted by atomic mass is 35.5. The molecule has 0 saturated heterocycles. The largest absolute Gasteiger partial charge is 0.281 e. The average Bonchev–Trinajstić information content (AvgIpc) is 1.63. The van der Waals surface area contributed by atoms with Crippen molar-refractivity contribution in [3.05, 3.63) is 0 Å². The van der Waals surface area contributed by atoms with Gasteiger partial charge < -0.3 is 0 Å². The molecule has 0 rings (SSSR count). The Balaban J connectivity index is 3.50. The van der Waals surface area contributed by atoms with Crippen molar-refractivity contribution < 1.29 is 13.6 Å². The third-order valence-corrected chi connectivity index (χ3v) is 1.07. The number of hydrogen-bond donors (Lipinski definition) is 0. The third-order valence-electron chi connectivity index (χ3n) is 0.913. The Labute approximate surface area is 57.0 Å². The Morgan fingerprint density at radius 3 is 2.22 bits per heavy atom. The van der Waals surface area contributed by atoms with Gasteiger partial charge in [-0.2, -0.15) is 0 Å². The number of carbonyl (C=O) groups excluding carboxylic acids is 1. The second kappa shape index (κ2) is 3.77. The van der Waals surface area contributed by atoms with Gasteiger partial charge in [0.25, 0.3) is 0 Å². The molecule has 0 amide bonds. The molecule has 0 heterocycles. The van der Waals surface area contributed by atoms with Gasteiger partial charge in [-0.15, -0.1) is 0 Å². The van der Waals surface area contributed by atoms with Crippen LogP contribution in [0.3, 0.4) is 0 Å². The van der Waals surface area contributed by atoms with Crippen LogP contribution < -0.4 is 0 Å². The van der Waals surface area contributed by atoms with Crippen molar-refractivity contribution in [3.63, 3.8) is 0 Å². The topological polar surface area (TPSA) is 17.1 Å². The van der Waals surface area contributed by atoms with Crippen molar-refractivity contribution >= 4 is 16.8 Å². The lowest BCUT2D eigenvalue weighted by atomic mass is 10.1. The molecule has 0 bridgehead atoms. The molecular formula is C5H7ClF2O. The molecule has 9 heavy (non-hydrogen) atoms. The molecule has 0 saturated carbocycles. The van der Waals surface area contributed by atoms with Crippen LogP contribution >= 0.6 is 11.6 Å². The zero-order valence-corrected chi connectivity index (χ0v) is 5.66. The number of halogens is 3. The summed E-state index contributed by atoms with van der Waals surface area (Å²) in [7, 11) is 0. The lowest BCUT2D eigenvalue weighted by Gasteiger charge is -2.04. The van der Waals surface area contributed by atoms with Gasteiger partial charge in [-0.1, -0.05) is 6.92 Å². The van der Waals surface area contributed by atoms with Gasteiger partial charge in [0.1, 0.15) is 0 Å². The second-order valence-corrected chi connectivity index (χ2v) is 2.29. The lowest BCUT2D eigenvalue weighted by Crippen LogP contribution is -2.09. The predicted molar refractivity (Wildman–Crippen MR) is 30.6 cm³/mol. The van der Waals surface area contributed by atoms with Gasteiger partial charge in [-0.3, -0.25) is 4.79 Å². The third kappa shape index (κ3) is 4.33. The molecule has 0 fully saturated rings. The van der Waals surface area contributed by atoms with E-state index in [9.17, 15) is 13.6 Å². The highest BCUT2D eigenvalue weighted by Gasteiger charge is 2.16. The average molecular weight is 157 g/mol. The lowest BCUT2D eigenvalue weighted by molar-refractivity contribution is -0.113. The SMILES string of the molecule is CC(CC(=O)Cl)C(F)F. The van der Waals surface area contributed by atoms with Crippen LogP contribution in [0, 0.1) is 5.92 Å². The minimum absolute atomic E-state index is 0.251. The Kier molecular flexibility index (Phi) is 3.70. The predicted octanol–water partition coefficient (Wildman–Crippen LogP) is 2.04. The van der Waals surface area contributed by atoms with Crippen LogP contribution in [-0.2, 0) is 4.79 Å². The fourth-order valence-electron chi connectivity index (χ4n) is 0.342. The van der Waals surface area contributed by atoms with Crippen LogP contribution in [0.2, 0.25) is 0 Å². The van der Waals surface area contributed by atoms with E-state index in [1.807, 2.05) is 0 Å². The molecule has 1 nitrogen and oxygen atoms in total. The van der Waals surface area contributed by atoms with Crippen molar-refractivity contribution in [1.29, 1.82) is 0 Å². The standard InChI is InChI=1S/C5H7ClF2O/c1-3(5(7)8)2-4(6)9/h3,5H,2H2,1H3. The summed E-state index contributed by atoms with van der Waals surface area (Å²) in [6.45, 7) is 1.28. The van der Waals surface area contributed by atoms with Crippen molar-refractivity contribution in [2.45, 2.75) is 19.8 Å². The summed E-state index contributed by atoms with van der Waals surface area (Å²) in [6, 6.07) is 0. The number of alkyl halides is 2. The monoisotopic (exact) mass is 156 g/mol. The summed E-state index contributed by atoms with van der Waals surface area (Å²) < 4.78 is 23.2. The summed E-state index contributed by atoms with van der Waals surface area (Å²) >= 11 is 4.84. The maximum atomic E-state index is 11.6. The fourth-order valence-corrected chi connectivity index (χ4v) is 0.586. The molecule has 0 radical (unpaired) electrons. The van der Waals surface area contributed by atoms with Gasteiger partial charge in [-0.05, 0) is 11.6 Å². The van der Waals surface area contributed by atoms with Gasteiger partial charge in [-0.25, -0.2) is 8.78 Å². The maximum absolute atomic E-state index is 11.6. The number of hydrogen-bond acceptors (Lipinski definition) is 1. The first-order valence-electron chi connectivity index (χ1n) is 2.50. The molecule has 0 aliphatic rings. The summed E-state index contributed by atoms with van der Waals surface area (Å²) in [5.74, 6) is -0.921. The van der Waals surface area contributed by atoms with E-state index in [0.717, 1.165) is 0 Å². The van der Waals surface area contributed by atoms with Crippen LogP contribution in [-0.4, -0.2) is 11.7 Å². The zero-order valence-electron chi connectivity index (χ0n) is 4.90. The van der Waals surface area contributed by atoms with Crippen LogP contribution in [0.25, 0.3) is 0 Å². The summed E-state index contributed by atoms with van der Waals surface area (Å²) in [5.41, 5.74) is 0. The summed E-state index contributed by atoms with van der Waals surface area (Å²) in [5, 5.41) is -0.706. The van der Waals surface area contributed by atoms with E-state index < -0.39 is 17.6 Å². The quantitative estimate of drug-likeness (QED) is 0.572. The molecule has 0 aromatic carbocycles. The van der Waals surface area contributed by atoms with Crippen molar-refractivity contribution in [1.82, 2.24) is 0 Å². The first kappa shape index (κ1) is 8.82. The number of carbonyl (C=O) groups is 1. The van der Waals surface area contributed by atoms with Gasteiger partial charge >= 0.3 is 0 Å². The highest BCUT2D eigenvalue weighted by molar-refractivity contribution is 6.63. The van der Waals surface area contributed by atoms with E-state index >= 15 is 0 Å². The molecule has 0 aliphatic carbocycles. The molecule has 1 atom stereocenters. The van der Waals surface area contributed by atoms with E-state index in [2.05, 4.69) is 0 Å². The van der Waals surface area contributed by atoms with Gasteiger partial charge in [0.05, 0.1) is 0 Å². The molecule has 0 aliphatic heterocycles. The fraction of sp³-hybridized carbons (Fsp3) is 0.800. The first-order chi connectivity index (χ1) is 4.04. The molecule has 1 unspecified atom stereocenters. The Bertz CT molecular complexity index is 105. The van der Waals surface area contributed by atoms with Gasteiger partial charge in [0, 0.05) is 12.3 Å². The normalized spacial score (nSPS) is 13.9. The smallest absolute Gasteiger partial charge is 0.241 e. The Morgan fingerprint density at radius 2 is 2.11 bits per heavy atom. The Hall–Kier alpha value is -0.180.